The molecule has 0 aromatic heterocycles. The quantitative estimate of drug-likeness (QED) is 0.612. The van der Waals surface area contributed by atoms with Gasteiger partial charge in [0.05, 0.1) is 0 Å². The maximum Gasteiger partial charge on any atom is 0.126 e. The summed E-state index contributed by atoms with van der Waals surface area (Å²) in [4.78, 5) is 10.3. The minimum absolute atomic E-state index is 0.0573. The summed E-state index contributed by atoms with van der Waals surface area (Å²) < 4.78 is 13.1. The number of hydrogen-bond acceptors (Lipinski definition) is 1. The number of rotatable bonds is 2. The molecule has 0 heterocycles. The lowest BCUT2D eigenvalue weighted by molar-refractivity contribution is -0.108. The van der Waals surface area contributed by atoms with Crippen LogP contribution in [0.4, 0.5) is 4.39 Å². The molecule has 0 bridgehead atoms. The third-order valence-corrected chi connectivity index (χ3v) is 2.32. The van der Waals surface area contributed by atoms with Gasteiger partial charge < -0.3 is 4.79 Å². The first kappa shape index (κ1) is 7.47. The van der Waals surface area contributed by atoms with E-state index in [9.17, 15) is 9.18 Å². The van der Waals surface area contributed by atoms with Crippen molar-refractivity contribution >= 4 is 6.29 Å². The van der Waals surface area contributed by atoms with Crippen LogP contribution in [-0.2, 0) is 4.79 Å². The predicted octanol–water partition coefficient (Wildman–Crippen LogP) is 2.13. The molecule has 62 valence electrons. The maximum absolute atomic E-state index is 13.1. The standard InChI is InChI=1S/C10H9FO/c11-10-4-2-1-3-8(10)9-5-7(9)6-12/h1-4,6-7,9H,5H2/t7-,9+/m1/s1. The van der Waals surface area contributed by atoms with Crippen molar-refractivity contribution in [3.8, 4) is 0 Å². The van der Waals surface area contributed by atoms with Gasteiger partial charge in [0.25, 0.3) is 0 Å². The van der Waals surface area contributed by atoms with E-state index in [0.29, 0.717) is 5.56 Å². The van der Waals surface area contributed by atoms with Gasteiger partial charge in [0.2, 0.25) is 0 Å². The fourth-order valence-electron chi connectivity index (χ4n) is 1.50. The summed E-state index contributed by atoms with van der Waals surface area (Å²) in [7, 11) is 0. The topological polar surface area (TPSA) is 17.1 Å². The highest BCUT2D eigenvalue weighted by molar-refractivity contribution is 5.61. The Kier molecular flexibility index (Phi) is 1.68. The van der Waals surface area contributed by atoms with Crippen LogP contribution in [0, 0.1) is 11.7 Å². The number of carbonyl (C=O) groups excluding carboxylic acids is 1. The lowest BCUT2D eigenvalue weighted by Gasteiger charge is -1.98. The highest BCUT2D eigenvalue weighted by atomic mass is 19.1. The number of aldehydes is 1. The molecule has 1 aliphatic carbocycles. The molecule has 1 saturated carbocycles. The third-order valence-electron chi connectivity index (χ3n) is 2.32. The molecule has 1 nitrogen and oxygen atoms in total. The average Bonchev–Trinajstić information content (AvgIpc) is 2.84. The minimum Gasteiger partial charge on any atom is -0.303 e. The molecule has 0 radical (unpaired) electrons. The maximum atomic E-state index is 13.1. The van der Waals surface area contributed by atoms with Crippen LogP contribution in [-0.4, -0.2) is 6.29 Å². The third kappa shape index (κ3) is 1.13. The molecular formula is C10H9FO. The van der Waals surface area contributed by atoms with E-state index < -0.39 is 0 Å². The Morgan fingerprint density at radius 3 is 2.75 bits per heavy atom. The first-order chi connectivity index (χ1) is 5.83. The molecule has 0 saturated heterocycles. The van der Waals surface area contributed by atoms with E-state index in [1.54, 1.807) is 18.2 Å². The molecular weight excluding hydrogens is 155 g/mol. The zero-order chi connectivity index (χ0) is 8.55. The van der Waals surface area contributed by atoms with Crippen LogP contribution in [0.25, 0.3) is 0 Å². The Hall–Kier alpha value is -1.18. The molecule has 2 rings (SSSR count). The van der Waals surface area contributed by atoms with Crippen LogP contribution in [0.1, 0.15) is 17.9 Å². The number of carbonyl (C=O) groups is 1. The highest BCUT2D eigenvalue weighted by Gasteiger charge is 2.39. The van der Waals surface area contributed by atoms with Gasteiger partial charge in [-0.25, -0.2) is 4.39 Å². The summed E-state index contributed by atoms with van der Waals surface area (Å²) in [5.41, 5.74) is 0.689. The SMILES string of the molecule is O=C[C@H]1C[C@@H]1c1ccccc1F. The average molecular weight is 164 g/mol. The van der Waals surface area contributed by atoms with Crippen LogP contribution >= 0.6 is 0 Å². The van der Waals surface area contributed by atoms with Crippen molar-refractivity contribution in [2.24, 2.45) is 5.92 Å². The van der Waals surface area contributed by atoms with Crippen molar-refractivity contribution in [3.05, 3.63) is 35.6 Å². The molecule has 1 aliphatic rings. The Labute approximate surface area is 70.2 Å². The fourth-order valence-corrected chi connectivity index (χ4v) is 1.50. The van der Waals surface area contributed by atoms with E-state index in [4.69, 9.17) is 0 Å². The van der Waals surface area contributed by atoms with Gasteiger partial charge in [-0.05, 0) is 24.0 Å². The van der Waals surface area contributed by atoms with Crippen LogP contribution < -0.4 is 0 Å². The molecule has 1 aromatic carbocycles. The van der Waals surface area contributed by atoms with Crippen molar-refractivity contribution in [2.45, 2.75) is 12.3 Å². The summed E-state index contributed by atoms with van der Waals surface area (Å²) in [6, 6.07) is 6.66. The predicted molar refractivity (Wildman–Crippen MR) is 43.3 cm³/mol. The van der Waals surface area contributed by atoms with Gasteiger partial charge in [0, 0.05) is 5.92 Å². The summed E-state index contributed by atoms with van der Waals surface area (Å²) >= 11 is 0. The molecule has 2 atom stereocenters. The monoisotopic (exact) mass is 164 g/mol. The molecule has 0 spiro atoms. The first-order valence-corrected chi connectivity index (χ1v) is 4.02. The van der Waals surface area contributed by atoms with Crippen LogP contribution in [0.15, 0.2) is 24.3 Å². The normalized spacial score (nSPS) is 26.8. The van der Waals surface area contributed by atoms with Gasteiger partial charge in [-0.2, -0.15) is 0 Å². The van der Waals surface area contributed by atoms with E-state index in [-0.39, 0.29) is 17.7 Å². The van der Waals surface area contributed by atoms with Gasteiger partial charge in [-0.1, -0.05) is 18.2 Å². The Morgan fingerprint density at radius 2 is 2.17 bits per heavy atom. The Bertz CT molecular complexity index is 308. The number of halogens is 1. The molecule has 0 amide bonds. The van der Waals surface area contributed by atoms with E-state index in [1.165, 1.54) is 6.07 Å². The lowest BCUT2D eigenvalue weighted by atomic mass is 10.1. The second-order valence-corrected chi connectivity index (χ2v) is 3.16. The lowest BCUT2D eigenvalue weighted by Crippen LogP contribution is -1.88. The largest absolute Gasteiger partial charge is 0.303 e. The van der Waals surface area contributed by atoms with Crippen LogP contribution in [0.2, 0.25) is 0 Å². The minimum atomic E-state index is -0.188. The zero-order valence-electron chi connectivity index (χ0n) is 6.53. The Balaban J connectivity index is 2.25. The molecule has 1 fully saturated rings. The van der Waals surface area contributed by atoms with Gasteiger partial charge in [0.1, 0.15) is 12.1 Å². The summed E-state index contributed by atoms with van der Waals surface area (Å²) in [6.07, 6.45) is 1.72. The molecule has 1 aromatic rings. The van der Waals surface area contributed by atoms with Gasteiger partial charge in [-0.15, -0.1) is 0 Å². The van der Waals surface area contributed by atoms with Crippen molar-refractivity contribution in [1.29, 1.82) is 0 Å². The van der Waals surface area contributed by atoms with Gasteiger partial charge in [-0.3, -0.25) is 0 Å². The second-order valence-electron chi connectivity index (χ2n) is 3.16. The van der Waals surface area contributed by atoms with Crippen molar-refractivity contribution < 1.29 is 9.18 Å². The first-order valence-electron chi connectivity index (χ1n) is 4.02. The number of hydrogen-bond donors (Lipinski definition) is 0. The van der Waals surface area contributed by atoms with Crippen LogP contribution in [0.5, 0.6) is 0 Å². The van der Waals surface area contributed by atoms with Crippen molar-refractivity contribution in [3.63, 3.8) is 0 Å². The fraction of sp³-hybridized carbons (Fsp3) is 0.300. The zero-order valence-corrected chi connectivity index (χ0v) is 6.53. The summed E-state index contributed by atoms with van der Waals surface area (Å²) in [5, 5.41) is 0. The Morgan fingerprint density at radius 1 is 1.42 bits per heavy atom. The summed E-state index contributed by atoms with van der Waals surface area (Å²) in [6.45, 7) is 0. The summed E-state index contributed by atoms with van der Waals surface area (Å²) in [5.74, 6) is 0.0115. The van der Waals surface area contributed by atoms with E-state index in [1.807, 2.05) is 0 Å². The van der Waals surface area contributed by atoms with Crippen LogP contribution in [0.3, 0.4) is 0 Å². The molecule has 12 heavy (non-hydrogen) atoms. The second kappa shape index (κ2) is 2.70. The smallest absolute Gasteiger partial charge is 0.126 e. The molecule has 0 unspecified atom stereocenters. The van der Waals surface area contributed by atoms with E-state index in [2.05, 4.69) is 0 Å². The van der Waals surface area contributed by atoms with E-state index in [0.717, 1.165) is 12.7 Å². The van der Waals surface area contributed by atoms with Crippen molar-refractivity contribution in [1.82, 2.24) is 0 Å². The van der Waals surface area contributed by atoms with Gasteiger partial charge in [0.15, 0.2) is 0 Å². The molecule has 2 heteroatoms. The number of benzene rings is 1. The van der Waals surface area contributed by atoms with Gasteiger partial charge >= 0.3 is 0 Å². The molecule has 0 aliphatic heterocycles. The van der Waals surface area contributed by atoms with E-state index >= 15 is 0 Å². The molecule has 0 N–H and O–H groups in total. The highest BCUT2D eigenvalue weighted by Crippen LogP contribution is 2.46. The van der Waals surface area contributed by atoms with Crippen molar-refractivity contribution in [2.75, 3.05) is 0 Å².